The lowest BCUT2D eigenvalue weighted by Crippen LogP contribution is -2.46. The molecule has 2 aromatic heterocycles. The number of nitrogens with two attached hydrogens (primary N) is 1. The maximum atomic E-state index is 12.5. The number of anilines is 2. The Morgan fingerprint density at radius 1 is 0.788 bits per heavy atom. The van der Waals surface area contributed by atoms with Gasteiger partial charge in [0.1, 0.15) is 11.3 Å². The van der Waals surface area contributed by atoms with Gasteiger partial charge in [-0.1, -0.05) is 123 Å². The molecule has 0 radical (unpaired) electrons. The summed E-state index contributed by atoms with van der Waals surface area (Å²) in [4.78, 5) is 39.5. The van der Waals surface area contributed by atoms with E-state index in [1.54, 1.807) is 59.3 Å². The van der Waals surface area contributed by atoms with Crippen molar-refractivity contribution in [2.45, 2.75) is 144 Å². The van der Waals surface area contributed by atoms with E-state index < -0.39 is 11.6 Å². The molecule has 0 spiro atoms. The number of allylic oxidation sites excluding steroid dienone is 2. The quantitative estimate of drug-likeness (QED) is 0.115. The Labute approximate surface area is 319 Å². The molecule has 1 aromatic carbocycles. The molecule has 3 amide bonds. The van der Waals surface area contributed by atoms with Crippen LogP contribution in [-0.2, 0) is 0 Å². The highest BCUT2D eigenvalue weighted by Crippen LogP contribution is 2.15. The van der Waals surface area contributed by atoms with Crippen LogP contribution in [0, 0.1) is 0 Å². The van der Waals surface area contributed by atoms with E-state index in [9.17, 15) is 14.4 Å². The smallest absolute Gasteiger partial charge is 0.319 e. The highest BCUT2D eigenvalue weighted by atomic mass is 16.3. The molecule has 0 fully saturated rings. The average molecular weight is 733 g/mol. The lowest BCUT2D eigenvalue weighted by Gasteiger charge is -2.25. The van der Waals surface area contributed by atoms with Gasteiger partial charge in [0.2, 0.25) is 0 Å². The first-order chi connectivity index (χ1) is 25.1. The highest BCUT2D eigenvalue weighted by molar-refractivity contribution is 6.04. The second kappa shape index (κ2) is 46.6. The number of carbonyl (C=O) groups is 3. The molecule has 6 N–H and O–H groups in total. The van der Waals surface area contributed by atoms with Crippen LogP contribution in [0.1, 0.15) is 159 Å². The minimum Gasteiger partial charge on any atom is -0.404 e. The predicted octanol–water partition coefficient (Wildman–Crippen LogP) is 11.9. The van der Waals surface area contributed by atoms with Gasteiger partial charge in [-0.2, -0.15) is 0 Å². The van der Waals surface area contributed by atoms with E-state index in [0.29, 0.717) is 41.0 Å². The summed E-state index contributed by atoms with van der Waals surface area (Å²) in [5, 5.41) is 17.3. The minimum absolute atomic E-state index is 0.0247. The van der Waals surface area contributed by atoms with E-state index in [1.165, 1.54) is 6.20 Å². The predicted molar refractivity (Wildman–Crippen MR) is 232 cm³/mol. The Kier molecular flexibility index (Phi) is 56.1. The molecule has 0 aliphatic rings. The van der Waals surface area contributed by atoms with Gasteiger partial charge in [-0.25, -0.2) is 9.78 Å². The molecule has 10 nitrogen and oxygen atoms in total. The number of carbonyl (C=O) groups excluding carboxylic acids is 3. The lowest BCUT2D eigenvalue weighted by atomic mass is 10.0. The van der Waals surface area contributed by atoms with E-state index in [1.807, 2.05) is 132 Å². The number of amides is 3. The van der Waals surface area contributed by atoms with Crippen molar-refractivity contribution in [2.75, 3.05) is 17.2 Å². The number of fused-ring (bicyclic) bond motifs is 1. The zero-order valence-corrected chi connectivity index (χ0v) is 36.6. The third-order valence-corrected chi connectivity index (χ3v) is 5.03. The monoisotopic (exact) mass is 733 g/mol. The van der Waals surface area contributed by atoms with Crippen molar-refractivity contribution >= 4 is 35.2 Å². The molecule has 0 bridgehead atoms. The van der Waals surface area contributed by atoms with Gasteiger partial charge >= 0.3 is 6.03 Å². The van der Waals surface area contributed by atoms with Gasteiger partial charge in [-0.3, -0.25) is 9.59 Å². The average Bonchev–Trinajstić information content (AvgIpc) is 3.63. The number of hydrogen-bond donors (Lipinski definition) is 5. The van der Waals surface area contributed by atoms with Crippen LogP contribution in [0.2, 0.25) is 0 Å². The molecule has 52 heavy (non-hydrogen) atoms. The van der Waals surface area contributed by atoms with Crippen LogP contribution >= 0.6 is 0 Å². The van der Waals surface area contributed by atoms with E-state index in [-0.39, 0.29) is 12.5 Å². The van der Waals surface area contributed by atoms with Crippen LogP contribution < -0.4 is 21.7 Å². The molecular weight excluding hydrogens is 652 g/mol. The van der Waals surface area contributed by atoms with Crippen molar-refractivity contribution in [3.05, 3.63) is 84.5 Å². The Morgan fingerprint density at radius 3 is 1.63 bits per heavy atom. The molecule has 3 aromatic rings. The van der Waals surface area contributed by atoms with E-state index in [4.69, 9.17) is 10.8 Å². The van der Waals surface area contributed by atoms with Gasteiger partial charge in [-0.05, 0) is 75.4 Å². The number of aldehydes is 1. The zero-order valence-electron chi connectivity index (χ0n) is 36.6. The number of pyridine rings is 1. The molecule has 2 heterocycles. The number of benzene rings is 1. The normalized spacial score (nSPS) is 8.65. The number of nitrogens with zero attached hydrogens (tertiary/aromatic N) is 2. The minimum atomic E-state index is -0.540. The van der Waals surface area contributed by atoms with Crippen LogP contribution in [0.4, 0.5) is 16.2 Å². The van der Waals surface area contributed by atoms with Crippen molar-refractivity contribution in [3.8, 4) is 0 Å². The van der Waals surface area contributed by atoms with E-state index in [0.717, 1.165) is 5.57 Å². The maximum absolute atomic E-state index is 12.5. The van der Waals surface area contributed by atoms with Crippen molar-refractivity contribution in [1.82, 2.24) is 14.7 Å². The summed E-state index contributed by atoms with van der Waals surface area (Å²) in [6.45, 7) is 41.0. The van der Waals surface area contributed by atoms with Crippen LogP contribution in [0.25, 0.3) is 5.65 Å². The Balaban J connectivity index is -0.000000155. The van der Waals surface area contributed by atoms with E-state index in [2.05, 4.69) is 27.5 Å². The summed E-state index contributed by atoms with van der Waals surface area (Å²) in [5.74, 6) is -0.315. The number of aliphatic hydroxyl groups is 1. The third-order valence-electron chi connectivity index (χ3n) is 5.03. The summed E-state index contributed by atoms with van der Waals surface area (Å²) in [7, 11) is 0. The molecule has 0 saturated carbocycles. The Morgan fingerprint density at radius 2 is 1.25 bits per heavy atom. The number of rotatable bonds is 8. The largest absolute Gasteiger partial charge is 0.404 e. The molecule has 302 valence electrons. The third kappa shape index (κ3) is 31.5. The first-order valence-corrected chi connectivity index (χ1v) is 19.2. The molecule has 0 aliphatic heterocycles. The van der Waals surface area contributed by atoms with E-state index >= 15 is 0 Å². The van der Waals surface area contributed by atoms with Gasteiger partial charge in [0.05, 0.1) is 5.69 Å². The lowest BCUT2D eigenvalue weighted by molar-refractivity contribution is 0.102. The Hall–Kier alpha value is -4.44. The zero-order chi connectivity index (χ0) is 42.7. The summed E-state index contributed by atoms with van der Waals surface area (Å²) in [6, 6.07) is 9.46. The highest BCUT2D eigenvalue weighted by Gasteiger charge is 2.19. The fourth-order valence-corrected chi connectivity index (χ4v) is 2.93. The van der Waals surface area contributed by atoms with Gasteiger partial charge in [0, 0.05) is 35.8 Å². The topological polar surface area (TPSA) is 151 Å². The van der Waals surface area contributed by atoms with Crippen LogP contribution in [-0.4, -0.2) is 44.9 Å². The number of hydrogen-bond acceptors (Lipinski definition) is 6. The molecule has 3 rings (SSSR count). The van der Waals surface area contributed by atoms with Crippen molar-refractivity contribution in [2.24, 2.45) is 5.73 Å². The SMILES string of the molecule is C=C/C(C)=C/N.CC.CC.CC.CC.CC.CC.CC.CC.CC(C)(CCO)NC(=O)Nc1ccc(C(=O)Nc2ccc3nc(C=O)cn3c2)cc1. The van der Waals surface area contributed by atoms with Gasteiger partial charge in [-0.15, -0.1) is 0 Å². The first kappa shape index (κ1) is 62.7. The summed E-state index contributed by atoms with van der Waals surface area (Å²) in [5.41, 5.74) is 7.93. The van der Waals surface area contributed by atoms with Crippen molar-refractivity contribution in [3.63, 3.8) is 0 Å². The number of aromatic nitrogens is 2. The van der Waals surface area contributed by atoms with Crippen molar-refractivity contribution < 1.29 is 19.5 Å². The fourth-order valence-electron chi connectivity index (χ4n) is 2.93. The number of imidazole rings is 1. The summed E-state index contributed by atoms with van der Waals surface area (Å²) >= 11 is 0. The Bertz CT molecular complexity index is 1250. The number of aliphatic hydroxyl groups excluding tert-OH is 1. The molecular formula is C42H80N6O4. The van der Waals surface area contributed by atoms with Crippen molar-refractivity contribution in [1.29, 1.82) is 0 Å². The van der Waals surface area contributed by atoms with Crippen LogP contribution in [0.5, 0.6) is 0 Å². The molecule has 0 unspecified atom stereocenters. The molecule has 0 aliphatic carbocycles. The molecule has 0 saturated heterocycles. The standard InChI is InChI=1S/C21H23N5O4.C5H9N.8C2H6/c1-21(2,9-10-27)25-20(30)24-15-5-3-14(4-6-15)19(29)23-16-7-8-18-22-17(13-28)12-26(18)11-16;1-3-5(2)4-6;8*1-2/h3-8,11-13,27H,9-10H2,1-2H3,(H,23,29)(H2,24,25,30);3-4H,1,6H2,2H3;8*1-2H3/b;5-4+;;;;;;;;. The van der Waals surface area contributed by atoms with Gasteiger partial charge < -0.3 is 31.2 Å². The second-order valence-electron chi connectivity index (χ2n) is 8.55. The molecule has 0 atom stereocenters. The number of urea groups is 1. The molecule has 10 heteroatoms. The first-order valence-electron chi connectivity index (χ1n) is 19.2. The van der Waals surface area contributed by atoms with Gasteiger partial charge in [0.15, 0.2) is 6.29 Å². The van der Waals surface area contributed by atoms with Crippen LogP contribution in [0.3, 0.4) is 0 Å². The second-order valence-corrected chi connectivity index (χ2v) is 8.55. The number of nitrogens with one attached hydrogen (secondary N) is 3. The summed E-state index contributed by atoms with van der Waals surface area (Å²) in [6.07, 6.45) is 7.57. The summed E-state index contributed by atoms with van der Waals surface area (Å²) < 4.78 is 1.66. The maximum Gasteiger partial charge on any atom is 0.319 e. The van der Waals surface area contributed by atoms with Gasteiger partial charge in [0.25, 0.3) is 5.91 Å². The van der Waals surface area contributed by atoms with Crippen LogP contribution in [0.15, 0.2) is 73.2 Å². The fraction of sp³-hybridized carbons (Fsp3) is 0.524.